The molecular weight excluding hydrogens is 362 g/mol. The predicted molar refractivity (Wildman–Crippen MR) is 109 cm³/mol. The van der Waals surface area contributed by atoms with Gasteiger partial charge in [0.25, 0.3) is 5.91 Å². The van der Waals surface area contributed by atoms with Gasteiger partial charge < -0.3 is 15.4 Å². The molecule has 2 heterocycles. The van der Waals surface area contributed by atoms with E-state index in [1.807, 2.05) is 30.4 Å². The second-order valence-corrected chi connectivity index (χ2v) is 6.46. The molecule has 0 aliphatic carbocycles. The molecule has 0 fully saturated rings. The van der Waals surface area contributed by atoms with E-state index in [1.165, 1.54) is 0 Å². The quantitative estimate of drug-likeness (QED) is 0.656. The normalized spacial score (nSPS) is 12.6. The van der Waals surface area contributed by atoms with Crippen LogP contribution in [-0.4, -0.2) is 18.0 Å². The van der Waals surface area contributed by atoms with Crippen LogP contribution in [0, 0.1) is 0 Å². The number of methoxy groups -OCH3 is 1. The number of carbonyl (C=O) groups is 1. The molecule has 0 atom stereocenters. The van der Waals surface area contributed by atoms with Crippen LogP contribution in [0.5, 0.6) is 5.75 Å². The standard InChI is InChI=1S/C21H16ClN3O2/c1-27-20-12-19-18(10-14(20)3-2-13-6-8-23-9-7-13)24-17-11-15(22)4-5-16(17)21(26)25-19/h2-12,24H,1H3,(H,25,26). The number of fused-ring (bicyclic) bond motifs is 2. The average molecular weight is 378 g/mol. The fraction of sp³-hybridized carbons (Fsp3) is 0.0476. The van der Waals surface area contributed by atoms with Crippen molar-refractivity contribution in [1.82, 2.24) is 4.98 Å². The summed E-state index contributed by atoms with van der Waals surface area (Å²) in [6.07, 6.45) is 7.42. The van der Waals surface area contributed by atoms with Crippen molar-refractivity contribution in [3.05, 3.63) is 76.6 Å². The highest BCUT2D eigenvalue weighted by molar-refractivity contribution is 6.31. The van der Waals surface area contributed by atoms with E-state index in [0.717, 1.165) is 16.8 Å². The van der Waals surface area contributed by atoms with Crippen LogP contribution in [0.15, 0.2) is 54.9 Å². The van der Waals surface area contributed by atoms with Crippen LogP contribution in [-0.2, 0) is 0 Å². The Balaban J connectivity index is 1.77. The van der Waals surface area contributed by atoms with Crippen molar-refractivity contribution in [2.75, 3.05) is 17.7 Å². The summed E-state index contributed by atoms with van der Waals surface area (Å²) in [6, 6.07) is 12.7. The second-order valence-electron chi connectivity index (χ2n) is 6.02. The third-order valence-corrected chi connectivity index (χ3v) is 4.51. The first-order valence-corrected chi connectivity index (χ1v) is 8.70. The monoisotopic (exact) mass is 377 g/mol. The van der Waals surface area contributed by atoms with Crippen LogP contribution in [0.3, 0.4) is 0 Å². The number of rotatable bonds is 3. The van der Waals surface area contributed by atoms with Gasteiger partial charge in [-0.3, -0.25) is 9.78 Å². The first-order valence-electron chi connectivity index (χ1n) is 8.32. The van der Waals surface area contributed by atoms with E-state index in [0.29, 0.717) is 27.7 Å². The summed E-state index contributed by atoms with van der Waals surface area (Å²) >= 11 is 6.09. The Kier molecular flexibility index (Phi) is 4.52. The van der Waals surface area contributed by atoms with Gasteiger partial charge >= 0.3 is 0 Å². The molecule has 2 N–H and O–H groups in total. The van der Waals surface area contributed by atoms with Gasteiger partial charge in [0.15, 0.2) is 0 Å². The fourth-order valence-electron chi connectivity index (χ4n) is 2.92. The van der Waals surface area contributed by atoms with Gasteiger partial charge in [0.2, 0.25) is 0 Å². The van der Waals surface area contributed by atoms with Crippen molar-refractivity contribution in [1.29, 1.82) is 0 Å². The summed E-state index contributed by atoms with van der Waals surface area (Å²) in [5.41, 5.74) is 4.50. The molecule has 0 radical (unpaired) electrons. The maximum atomic E-state index is 12.5. The molecule has 1 aliphatic heterocycles. The molecule has 3 aromatic rings. The van der Waals surface area contributed by atoms with Gasteiger partial charge in [-0.05, 0) is 42.0 Å². The minimum atomic E-state index is -0.199. The zero-order valence-electron chi connectivity index (χ0n) is 14.5. The third-order valence-electron chi connectivity index (χ3n) is 4.28. The molecule has 5 nitrogen and oxygen atoms in total. The van der Waals surface area contributed by atoms with Gasteiger partial charge in [0, 0.05) is 29.0 Å². The minimum absolute atomic E-state index is 0.199. The lowest BCUT2D eigenvalue weighted by Crippen LogP contribution is -2.10. The highest BCUT2D eigenvalue weighted by atomic mass is 35.5. The Morgan fingerprint density at radius 1 is 0.963 bits per heavy atom. The number of hydrogen-bond acceptors (Lipinski definition) is 4. The van der Waals surface area contributed by atoms with Gasteiger partial charge in [-0.25, -0.2) is 0 Å². The summed E-state index contributed by atoms with van der Waals surface area (Å²) in [5.74, 6) is 0.459. The maximum absolute atomic E-state index is 12.5. The summed E-state index contributed by atoms with van der Waals surface area (Å²) in [7, 11) is 1.60. The number of carbonyl (C=O) groups excluding carboxylic acids is 1. The summed E-state index contributed by atoms with van der Waals surface area (Å²) in [5, 5.41) is 6.77. The highest BCUT2D eigenvalue weighted by Crippen LogP contribution is 2.38. The highest BCUT2D eigenvalue weighted by Gasteiger charge is 2.20. The van der Waals surface area contributed by atoms with Crippen LogP contribution in [0.2, 0.25) is 5.02 Å². The van der Waals surface area contributed by atoms with E-state index in [2.05, 4.69) is 15.6 Å². The van der Waals surface area contributed by atoms with Crippen LogP contribution in [0.25, 0.3) is 12.2 Å². The summed E-state index contributed by atoms with van der Waals surface area (Å²) in [4.78, 5) is 16.5. The first-order chi connectivity index (χ1) is 13.1. The minimum Gasteiger partial charge on any atom is -0.496 e. The number of nitrogens with one attached hydrogen (secondary N) is 2. The van der Waals surface area contributed by atoms with Crippen LogP contribution >= 0.6 is 11.6 Å². The molecule has 0 bridgehead atoms. The topological polar surface area (TPSA) is 63.2 Å². The largest absolute Gasteiger partial charge is 0.496 e. The lowest BCUT2D eigenvalue weighted by atomic mass is 10.1. The SMILES string of the molecule is COc1cc2c(cc1C=Cc1ccncc1)Nc1cc(Cl)ccc1C(=O)N2. The van der Waals surface area contributed by atoms with Crippen LogP contribution < -0.4 is 15.4 Å². The number of hydrogen-bond donors (Lipinski definition) is 2. The molecule has 0 saturated heterocycles. The van der Waals surface area contributed by atoms with E-state index in [1.54, 1.807) is 43.8 Å². The van der Waals surface area contributed by atoms with Crippen molar-refractivity contribution < 1.29 is 9.53 Å². The van der Waals surface area contributed by atoms with E-state index < -0.39 is 0 Å². The molecule has 1 amide bonds. The van der Waals surface area contributed by atoms with E-state index in [-0.39, 0.29) is 5.91 Å². The Labute approximate surface area is 161 Å². The molecular formula is C21H16ClN3O2. The number of anilines is 3. The number of pyridine rings is 1. The molecule has 0 spiro atoms. The maximum Gasteiger partial charge on any atom is 0.257 e. The smallest absolute Gasteiger partial charge is 0.257 e. The first kappa shape index (κ1) is 17.1. The van der Waals surface area contributed by atoms with Crippen molar-refractivity contribution in [3.63, 3.8) is 0 Å². The van der Waals surface area contributed by atoms with Crippen molar-refractivity contribution >= 4 is 46.7 Å². The zero-order valence-corrected chi connectivity index (χ0v) is 15.2. The molecule has 0 saturated carbocycles. The Hall–Kier alpha value is -3.31. The van der Waals surface area contributed by atoms with Crippen LogP contribution in [0.1, 0.15) is 21.5 Å². The Morgan fingerprint density at radius 2 is 1.74 bits per heavy atom. The molecule has 2 aromatic carbocycles. The van der Waals surface area contributed by atoms with Crippen LogP contribution in [0.4, 0.5) is 17.1 Å². The fourth-order valence-corrected chi connectivity index (χ4v) is 3.10. The van der Waals surface area contributed by atoms with Gasteiger partial charge in [0.1, 0.15) is 5.75 Å². The molecule has 4 rings (SSSR count). The number of benzene rings is 2. The summed E-state index contributed by atoms with van der Waals surface area (Å²) in [6.45, 7) is 0. The third kappa shape index (κ3) is 3.50. The molecule has 6 heteroatoms. The number of nitrogens with zero attached hydrogens (tertiary/aromatic N) is 1. The number of ether oxygens (including phenoxy) is 1. The van der Waals surface area contributed by atoms with Gasteiger partial charge in [-0.15, -0.1) is 0 Å². The van der Waals surface area contributed by atoms with E-state index in [4.69, 9.17) is 16.3 Å². The van der Waals surface area contributed by atoms with Gasteiger partial charge in [-0.2, -0.15) is 0 Å². The molecule has 27 heavy (non-hydrogen) atoms. The molecule has 0 unspecified atom stereocenters. The molecule has 1 aromatic heterocycles. The number of aromatic nitrogens is 1. The average Bonchev–Trinajstić information content (AvgIpc) is 2.81. The lowest BCUT2D eigenvalue weighted by molar-refractivity contribution is 0.102. The zero-order chi connectivity index (χ0) is 18.8. The Morgan fingerprint density at radius 3 is 2.52 bits per heavy atom. The van der Waals surface area contributed by atoms with Crippen molar-refractivity contribution in [2.24, 2.45) is 0 Å². The van der Waals surface area contributed by atoms with E-state index in [9.17, 15) is 4.79 Å². The van der Waals surface area contributed by atoms with Crippen molar-refractivity contribution in [2.45, 2.75) is 0 Å². The van der Waals surface area contributed by atoms with Gasteiger partial charge in [0.05, 0.1) is 29.7 Å². The number of amides is 1. The lowest BCUT2D eigenvalue weighted by Gasteiger charge is -2.13. The second kappa shape index (κ2) is 7.13. The van der Waals surface area contributed by atoms with E-state index >= 15 is 0 Å². The predicted octanol–water partition coefficient (Wildman–Crippen LogP) is 5.22. The summed E-state index contributed by atoms with van der Waals surface area (Å²) < 4.78 is 5.51. The van der Waals surface area contributed by atoms with Gasteiger partial charge in [-0.1, -0.05) is 23.8 Å². The molecule has 1 aliphatic rings. The molecule has 134 valence electrons. The Bertz CT molecular complexity index is 1050. The van der Waals surface area contributed by atoms with Crippen molar-refractivity contribution in [3.8, 4) is 5.75 Å². The number of halogens is 1.